The van der Waals surface area contributed by atoms with Crippen LogP contribution in [-0.4, -0.2) is 30.7 Å². The highest BCUT2D eigenvalue weighted by Crippen LogP contribution is 2.17. The summed E-state index contributed by atoms with van der Waals surface area (Å²) in [5.74, 6) is 0.695. The molecule has 0 aliphatic rings. The normalized spacial score (nSPS) is 10.2. The van der Waals surface area contributed by atoms with Crippen molar-refractivity contribution < 1.29 is 9.53 Å². The molecule has 0 aromatic heterocycles. The lowest BCUT2D eigenvalue weighted by molar-refractivity contribution is -0.119. The van der Waals surface area contributed by atoms with Crippen molar-refractivity contribution >= 4 is 34.6 Å². The molecule has 0 aliphatic heterocycles. The van der Waals surface area contributed by atoms with E-state index in [1.54, 1.807) is 0 Å². The molecule has 0 bridgehead atoms. The number of thiocarbonyl (C=S) groups is 1. The van der Waals surface area contributed by atoms with Gasteiger partial charge in [0.15, 0.2) is 5.11 Å². The number of nitrogens with one attached hydrogen (secondary N) is 2. The van der Waals surface area contributed by atoms with Crippen LogP contribution in [0.15, 0.2) is 48.5 Å². The lowest BCUT2D eigenvalue weighted by atomic mass is 10.2. The van der Waals surface area contributed by atoms with Gasteiger partial charge in [0.05, 0.1) is 6.61 Å². The first-order valence-electron chi connectivity index (χ1n) is 9.67. The number of amides is 1. The van der Waals surface area contributed by atoms with Crippen LogP contribution in [0.1, 0.15) is 32.3 Å². The van der Waals surface area contributed by atoms with E-state index < -0.39 is 0 Å². The maximum absolute atomic E-state index is 12.0. The minimum atomic E-state index is -0.121. The monoisotopic (exact) mass is 399 g/mol. The van der Waals surface area contributed by atoms with Crippen LogP contribution in [-0.2, 0) is 4.79 Å². The van der Waals surface area contributed by atoms with Crippen LogP contribution in [0.4, 0.5) is 11.4 Å². The van der Waals surface area contributed by atoms with Gasteiger partial charge in [0, 0.05) is 30.9 Å². The molecule has 2 aromatic carbocycles. The Morgan fingerprint density at radius 1 is 1.04 bits per heavy atom. The SMILES string of the molecule is CCN(CC)c1ccc(NC(=S)NC(=O)CCCOc2ccc(C)cc2)cc1. The van der Waals surface area contributed by atoms with Crippen LogP contribution >= 0.6 is 12.2 Å². The second-order valence-electron chi connectivity index (χ2n) is 6.49. The Hall–Kier alpha value is -2.60. The molecule has 6 heteroatoms. The van der Waals surface area contributed by atoms with Gasteiger partial charge < -0.3 is 20.3 Å². The number of carbonyl (C=O) groups is 1. The third-order valence-electron chi connectivity index (χ3n) is 4.34. The van der Waals surface area contributed by atoms with Gasteiger partial charge in [-0.05, 0) is 75.8 Å². The maximum atomic E-state index is 12.0. The summed E-state index contributed by atoms with van der Waals surface area (Å²) >= 11 is 5.23. The third kappa shape index (κ3) is 7.19. The van der Waals surface area contributed by atoms with Gasteiger partial charge in [-0.2, -0.15) is 0 Å². The summed E-state index contributed by atoms with van der Waals surface area (Å²) in [6.45, 7) is 8.71. The Bertz CT molecular complexity index is 756. The number of anilines is 2. The van der Waals surface area contributed by atoms with E-state index in [1.807, 2.05) is 55.5 Å². The van der Waals surface area contributed by atoms with Gasteiger partial charge in [0.1, 0.15) is 5.75 Å². The Morgan fingerprint density at radius 3 is 2.29 bits per heavy atom. The lowest BCUT2D eigenvalue weighted by Gasteiger charge is -2.21. The van der Waals surface area contributed by atoms with Crippen LogP contribution in [0, 0.1) is 6.92 Å². The van der Waals surface area contributed by atoms with Crippen LogP contribution < -0.4 is 20.3 Å². The molecule has 0 saturated heterocycles. The number of benzene rings is 2. The zero-order chi connectivity index (χ0) is 20.4. The molecule has 1 amide bonds. The minimum Gasteiger partial charge on any atom is -0.494 e. The zero-order valence-corrected chi connectivity index (χ0v) is 17.6. The molecule has 0 atom stereocenters. The molecule has 0 radical (unpaired) electrons. The average Bonchev–Trinajstić information content (AvgIpc) is 2.69. The van der Waals surface area contributed by atoms with Crippen molar-refractivity contribution in [2.75, 3.05) is 29.9 Å². The van der Waals surface area contributed by atoms with E-state index in [9.17, 15) is 4.79 Å². The second kappa shape index (κ2) is 11.3. The highest BCUT2D eigenvalue weighted by atomic mass is 32.1. The quantitative estimate of drug-likeness (QED) is 0.480. The summed E-state index contributed by atoms with van der Waals surface area (Å²) in [4.78, 5) is 14.3. The number of hydrogen-bond acceptors (Lipinski definition) is 4. The van der Waals surface area contributed by atoms with Gasteiger partial charge in [-0.25, -0.2) is 0 Å². The molecule has 2 rings (SSSR count). The van der Waals surface area contributed by atoms with E-state index in [0.717, 1.165) is 24.5 Å². The standard InChI is InChI=1S/C22H29N3O2S/c1-4-25(5-2)19-12-10-18(11-13-19)23-22(28)24-21(26)7-6-16-27-20-14-8-17(3)9-15-20/h8-15H,4-7,16H2,1-3H3,(H2,23,24,26,28). The summed E-state index contributed by atoms with van der Waals surface area (Å²) in [6, 6.07) is 15.9. The first kappa shape index (κ1) is 21.7. The number of rotatable bonds is 9. The molecule has 0 aliphatic carbocycles. The Balaban J connectivity index is 1.69. The van der Waals surface area contributed by atoms with Gasteiger partial charge in [-0.3, -0.25) is 4.79 Å². The molecule has 0 unspecified atom stereocenters. The van der Waals surface area contributed by atoms with Crippen molar-refractivity contribution in [3.05, 3.63) is 54.1 Å². The van der Waals surface area contributed by atoms with Gasteiger partial charge in [-0.15, -0.1) is 0 Å². The third-order valence-corrected chi connectivity index (χ3v) is 4.55. The molecule has 0 saturated carbocycles. The zero-order valence-electron chi connectivity index (χ0n) is 16.8. The van der Waals surface area contributed by atoms with Gasteiger partial charge in [0.25, 0.3) is 0 Å². The Morgan fingerprint density at radius 2 is 1.68 bits per heavy atom. The van der Waals surface area contributed by atoms with Crippen molar-refractivity contribution in [3.63, 3.8) is 0 Å². The smallest absolute Gasteiger partial charge is 0.226 e. The first-order chi connectivity index (χ1) is 13.5. The Kier molecular flexibility index (Phi) is 8.75. The van der Waals surface area contributed by atoms with Gasteiger partial charge >= 0.3 is 0 Å². The molecule has 5 nitrogen and oxygen atoms in total. The highest BCUT2D eigenvalue weighted by molar-refractivity contribution is 7.80. The van der Waals surface area contributed by atoms with Crippen molar-refractivity contribution in [1.29, 1.82) is 0 Å². The van der Waals surface area contributed by atoms with Gasteiger partial charge in [-0.1, -0.05) is 17.7 Å². The van der Waals surface area contributed by atoms with E-state index in [0.29, 0.717) is 24.6 Å². The van der Waals surface area contributed by atoms with Crippen molar-refractivity contribution in [2.45, 2.75) is 33.6 Å². The molecular weight excluding hydrogens is 370 g/mol. The fraction of sp³-hybridized carbons (Fsp3) is 0.364. The molecule has 28 heavy (non-hydrogen) atoms. The summed E-state index contributed by atoms with van der Waals surface area (Å²) in [5.41, 5.74) is 3.21. The fourth-order valence-electron chi connectivity index (χ4n) is 2.75. The van der Waals surface area contributed by atoms with Crippen molar-refractivity contribution in [2.24, 2.45) is 0 Å². The number of ether oxygens (including phenoxy) is 1. The molecule has 0 fully saturated rings. The summed E-state index contributed by atoms with van der Waals surface area (Å²) in [6.07, 6.45) is 0.982. The van der Waals surface area contributed by atoms with Crippen LogP contribution in [0.5, 0.6) is 5.75 Å². The number of aryl methyl sites for hydroxylation is 1. The predicted molar refractivity (Wildman–Crippen MR) is 120 cm³/mol. The Labute approximate surface area is 173 Å². The molecule has 2 N–H and O–H groups in total. The first-order valence-corrected chi connectivity index (χ1v) is 10.1. The van der Waals surface area contributed by atoms with E-state index in [4.69, 9.17) is 17.0 Å². The predicted octanol–water partition coefficient (Wildman–Crippen LogP) is 4.51. The molecule has 150 valence electrons. The summed E-state index contributed by atoms with van der Waals surface area (Å²) < 4.78 is 5.63. The number of nitrogens with zero attached hydrogens (tertiary/aromatic N) is 1. The summed E-state index contributed by atoms with van der Waals surface area (Å²) in [5, 5.41) is 6.06. The largest absolute Gasteiger partial charge is 0.494 e. The van der Waals surface area contributed by atoms with Gasteiger partial charge in [0.2, 0.25) is 5.91 Å². The van der Waals surface area contributed by atoms with Crippen LogP contribution in [0.25, 0.3) is 0 Å². The number of hydrogen-bond donors (Lipinski definition) is 2. The van der Waals surface area contributed by atoms with Crippen molar-refractivity contribution in [1.82, 2.24) is 5.32 Å². The molecule has 2 aromatic rings. The van der Waals surface area contributed by atoms with E-state index in [2.05, 4.69) is 29.4 Å². The number of carbonyl (C=O) groups excluding carboxylic acids is 1. The van der Waals surface area contributed by atoms with E-state index in [1.165, 1.54) is 11.3 Å². The van der Waals surface area contributed by atoms with E-state index >= 15 is 0 Å². The topological polar surface area (TPSA) is 53.6 Å². The summed E-state index contributed by atoms with van der Waals surface area (Å²) in [7, 11) is 0. The lowest BCUT2D eigenvalue weighted by Crippen LogP contribution is -2.34. The average molecular weight is 400 g/mol. The molecule has 0 spiro atoms. The van der Waals surface area contributed by atoms with Crippen molar-refractivity contribution in [3.8, 4) is 5.75 Å². The van der Waals surface area contributed by atoms with Crippen LogP contribution in [0.2, 0.25) is 0 Å². The van der Waals surface area contributed by atoms with Crippen LogP contribution in [0.3, 0.4) is 0 Å². The molecular formula is C22H29N3O2S. The van der Waals surface area contributed by atoms with E-state index in [-0.39, 0.29) is 5.91 Å². The minimum absolute atomic E-state index is 0.121. The fourth-order valence-corrected chi connectivity index (χ4v) is 2.98. The maximum Gasteiger partial charge on any atom is 0.226 e. The highest BCUT2D eigenvalue weighted by Gasteiger charge is 2.06. The second-order valence-corrected chi connectivity index (χ2v) is 6.89. The molecule has 0 heterocycles.